The maximum Gasteiger partial charge on any atom is 0.161 e. The van der Waals surface area contributed by atoms with Gasteiger partial charge in [0, 0.05) is 17.8 Å². The smallest absolute Gasteiger partial charge is 0.161 e. The molecule has 0 saturated heterocycles. The van der Waals surface area contributed by atoms with Gasteiger partial charge in [-0.2, -0.15) is 0 Å². The number of halogens is 1. The highest BCUT2D eigenvalue weighted by atomic mass is 35.5. The van der Waals surface area contributed by atoms with Crippen molar-refractivity contribution in [1.82, 2.24) is 0 Å². The zero-order valence-electron chi connectivity index (χ0n) is 12.6. The molecule has 1 aliphatic heterocycles. The summed E-state index contributed by atoms with van der Waals surface area (Å²) in [6.07, 6.45) is 5.78. The van der Waals surface area contributed by atoms with Crippen molar-refractivity contribution in [1.29, 1.82) is 0 Å². The highest BCUT2D eigenvalue weighted by molar-refractivity contribution is 6.03. The summed E-state index contributed by atoms with van der Waals surface area (Å²) in [5, 5.41) is 0. The van der Waals surface area contributed by atoms with Crippen LogP contribution in [0, 0.1) is 0 Å². The second kappa shape index (κ2) is 8.15. The minimum absolute atomic E-state index is 0. The van der Waals surface area contributed by atoms with E-state index in [4.69, 9.17) is 14.5 Å². The lowest BCUT2D eigenvalue weighted by molar-refractivity contribution is 0.354. The van der Waals surface area contributed by atoms with E-state index in [0.717, 1.165) is 30.9 Å². The fraction of sp³-hybridized carbons (Fsp3) is 0.562. The van der Waals surface area contributed by atoms with Crippen LogP contribution in [-0.4, -0.2) is 26.5 Å². The average Bonchev–Trinajstić information content (AvgIpc) is 2.46. The lowest BCUT2D eigenvalue weighted by atomic mass is 9.94. The predicted octanol–water partition coefficient (Wildman–Crippen LogP) is 4.05. The molecule has 0 radical (unpaired) electrons. The first-order valence-electron chi connectivity index (χ1n) is 7.08. The second-order valence-electron chi connectivity index (χ2n) is 4.90. The van der Waals surface area contributed by atoms with Gasteiger partial charge < -0.3 is 9.47 Å². The summed E-state index contributed by atoms with van der Waals surface area (Å²) in [5.41, 5.74) is 3.81. The number of methoxy groups -OCH3 is 2. The van der Waals surface area contributed by atoms with Crippen molar-refractivity contribution in [3.8, 4) is 11.5 Å². The van der Waals surface area contributed by atoms with Crippen molar-refractivity contribution >= 4 is 18.1 Å². The summed E-state index contributed by atoms with van der Waals surface area (Å²) in [6.45, 7) is 3.12. The maximum atomic E-state index is 5.40. The van der Waals surface area contributed by atoms with Gasteiger partial charge in [0.05, 0.1) is 14.2 Å². The zero-order chi connectivity index (χ0) is 13.7. The van der Waals surface area contributed by atoms with Crippen LogP contribution in [0.15, 0.2) is 17.1 Å². The zero-order valence-corrected chi connectivity index (χ0v) is 13.4. The molecule has 0 amide bonds. The van der Waals surface area contributed by atoms with Crippen LogP contribution in [0.2, 0.25) is 0 Å². The van der Waals surface area contributed by atoms with Gasteiger partial charge in [-0.15, -0.1) is 12.4 Å². The van der Waals surface area contributed by atoms with Gasteiger partial charge in [0.2, 0.25) is 0 Å². The molecule has 0 N–H and O–H groups in total. The molecule has 3 nitrogen and oxygen atoms in total. The molecule has 0 bridgehead atoms. The van der Waals surface area contributed by atoms with E-state index in [1.807, 2.05) is 0 Å². The molecule has 4 heteroatoms. The highest BCUT2D eigenvalue weighted by Gasteiger charge is 2.17. The van der Waals surface area contributed by atoms with Crippen molar-refractivity contribution in [2.45, 2.75) is 39.0 Å². The van der Waals surface area contributed by atoms with E-state index in [0.29, 0.717) is 0 Å². The third kappa shape index (κ3) is 3.66. The molecule has 0 aromatic heterocycles. The van der Waals surface area contributed by atoms with Crippen LogP contribution in [0.3, 0.4) is 0 Å². The molecule has 1 heterocycles. The third-order valence-corrected chi connectivity index (χ3v) is 3.62. The van der Waals surface area contributed by atoms with Crippen molar-refractivity contribution in [3.63, 3.8) is 0 Å². The molecule has 1 aromatic carbocycles. The van der Waals surface area contributed by atoms with Gasteiger partial charge in [0.1, 0.15) is 0 Å². The monoisotopic (exact) mass is 297 g/mol. The number of hydrogen-bond donors (Lipinski definition) is 0. The summed E-state index contributed by atoms with van der Waals surface area (Å²) < 4.78 is 10.8. The fourth-order valence-electron chi connectivity index (χ4n) is 2.55. The standard InChI is InChI=1S/C16H23NO2.ClH/c1-4-5-6-7-14-13-11-16(19-3)15(18-2)10-12(13)8-9-17-14;/h10-11H,4-9H2,1-3H3;1H. The molecular weight excluding hydrogens is 274 g/mol. The van der Waals surface area contributed by atoms with E-state index in [-0.39, 0.29) is 12.4 Å². The number of fused-ring (bicyclic) bond motifs is 1. The Balaban J connectivity index is 0.00000200. The molecule has 0 unspecified atom stereocenters. The Bertz CT molecular complexity index is 472. The van der Waals surface area contributed by atoms with Gasteiger partial charge in [0.25, 0.3) is 0 Å². The number of nitrogens with zero attached hydrogens (tertiary/aromatic N) is 1. The minimum Gasteiger partial charge on any atom is -0.493 e. The van der Waals surface area contributed by atoms with E-state index < -0.39 is 0 Å². The van der Waals surface area contributed by atoms with E-state index in [1.54, 1.807) is 14.2 Å². The highest BCUT2D eigenvalue weighted by Crippen LogP contribution is 2.33. The van der Waals surface area contributed by atoms with Crippen LogP contribution in [0.5, 0.6) is 11.5 Å². The van der Waals surface area contributed by atoms with Crippen LogP contribution in [0.4, 0.5) is 0 Å². The molecule has 0 saturated carbocycles. The number of benzene rings is 1. The van der Waals surface area contributed by atoms with Crippen LogP contribution in [0.25, 0.3) is 0 Å². The number of rotatable bonds is 6. The van der Waals surface area contributed by atoms with E-state index >= 15 is 0 Å². The molecule has 2 rings (SSSR count). The summed E-state index contributed by atoms with van der Waals surface area (Å²) in [6, 6.07) is 4.18. The Morgan fingerprint density at radius 2 is 1.80 bits per heavy atom. The summed E-state index contributed by atoms with van der Waals surface area (Å²) in [5.74, 6) is 1.61. The van der Waals surface area contributed by atoms with Crippen LogP contribution < -0.4 is 9.47 Å². The molecule has 0 atom stereocenters. The van der Waals surface area contributed by atoms with Gasteiger partial charge in [-0.05, 0) is 37.0 Å². The van der Waals surface area contributed by atoms with Crippen molar-refractivity contribution in [2.24, 2.45) is 4.99 Å². The molecule has 0 spiro atoms. The largest absolute Gasteiger partial charge is 0.493 e. The first-order valence-corrected chi connectivity index (χ1v) is 7.08. The molecule has 1 aliphatic rings. The lowest BCUT2D eigenvalue weighted by Crippen LogP contribution is -2.13. The normalized spacial score (nSPS) is 13.1. The van der Waals surface area contributed by atoms with Crippen LogP contribution in [0.1, 0.15) is 43.7 Å². The quantitative estimate of drug-likeness (QED) is 0.742. The molecule has 1 aromatic rings. The van der Waals surface area contributed by atoms with Crippen molar-refractivity contribution in [2.75, 3.05) is 20.8 Å². The Hall–Kier alpha value is -1.22. The van der Waals surface area contributed by atoms with Crippen LogP contribution >= 0.6 is 12.4 Å². The Morgan fingerprint density at radius 3 is 2.45 bits per heavy atom. The van der Waals surface area contributed by atoms with Gasteiger partial charge in [0.15, 0.2) is 11.5 Å². The predicted molar refractivity (Wildman–Crippen MR) is 86.0 cm³/mol. The van der Waals surface area contributed by atoms with E-state index in [9.17, 15) is 0 Å². The van der Waals surface area contributed by atoms with Gasteiger partial charge in [-0.25, -0.2) is 0 Å². The van der Waals surface area contributed by atoms with Gasteiger partial charge in [-0.3, -0.25) is 4.99 Å². The summed E-state index contributed by atoms with van der Waals surface area (Å²) in [4.78, 5) is 4.69. The summed E-state index contributed by atoms with van der Waals surface area (Å²) in [7, 11) is 3.37. The number of ether oxygens (including phenoxy) is 2. The van der Waals surface area contributed by atoms with E-state index in [2.05, 4.69) is 19.1 Å². The molecule has 112 valence electrons. The minimum atomic E-state index is 0. The maximum absolute atomic E-state index is 5.40. The molecule has 0 aliphatic carbocycles. The van der Waals surface area contributed by atoms with Crippen LogP contribution in [-0.2, 0) is 6.42 Å². The fourth-order valence-corrected chi connectivity index (χ4v) is 2.55. The SMILES string of the molecule is CCCCCC1=NCCc2cc(OC)c(OC)cc21.Cl. The molecular formula is C16H24ClNO2. The topological polar surface area (TPSA) is 30.8 Å². The first kappa shape index (κ1) is 16.8. The Labute approximate surface area is 127 Å². The average molecular weight is 298 g/mol. The van der Waals surface area contributed by atoms with Crippen molar-refractivity contribution in [3.05, 3.63) is 23.3 Å². The van der Waals surface area contributed by atoms with Gasteiger partial charge >= 0.3 is 0 Å². The lowest BCUT2D eigenvalue weighted by Gasteiger charge is -2.19. The van der Waals surface area contributed by atoms with E-state index in [1.165, 1.54) is 36.1 Å². The Morgan fingerprint density at radius 1 is 1.10 bits per heavy atom. The molecule has 20 heavy (non-hydrogen) atoms. The second-order valence-corrected chi connectivity index (χ2v) is 4.90. The summed E-state index contributed by atoms with van der Waals surface area (Å²) >= 11 is 0. The number of aliphatic imine (C=N–C) groups is 1. The number of unbranched alkanes of at least 4 members (excludes halogenated alkanes) is 2. The first-order chi connectivity index (χ1) is 9.30. The molecule has 0 fully saturated rings. The van der Waals surface area contributed by atoms with Gasteiger partial charge in [-0.1, -0.05) is 19.8 Å². The number of hydrogen-bond acceptors (Lipinski definition) is 3. The third-order valence-electron chi connectivity index (χ3n) is 3.62. The van der Waals surface area contributed by atoms with Crippen molar-refractivity contribution < 1.29 is 9.47 Å². The Kier molecular flexibility index (Phi) is 6.86.